The Bertz CT molecular complexity index is 859. The second-order valence-corrected chi connectivity index (χ2v) is 6.53. The molecule has 144 valence electrons. The van der Waals surface area contributed by atoms with Gasteiger partial charge in [-0.1, -0.05) is 12.1 Å². The van der Waals surface area contributed by atoms with Crippen molar-refractivity contribution in [1.29, 1.82) is 0 Å². The summed E-state index contributed by atoms with van der Waals surface area (Å²) in [5.74, 6) is -0.925. The van der Waals surface area contributed by atoms with E-state index < -0.39 is 17.2 Å². The summed E-state index contributed by atoms with van der Waals surface area (Å²) in [6.45, 7) is 6.51. The Morgan fingerprint density at radius 2 is 2.07 bits per heavy atom. The number of carbonyl (C=O) groups is 1. The van der Waals surface area contributed by atoms with Gasteiger partial charge in [0, 0.05) is 25.7 Å². The van der Waals surface area contributed by atoms with Crippen LogP contribution < -0.4 is 10.9 Å². The van der Waals surface area contributed by atoms with Crippen LogP contribution in [0.1, 0.15) is 22.5 Å². The topological polar surface area (TPSA) is 96.7 Å². The highest BCUT2D eigenvalue weighted by molar-refractivity contribution is 5.94. The highest BCUT2D eigenvalue weighted by Gasteiger charge is 2.17. The highest BCUT2D eigenvalue weighted by atomic mass is 16.5. The molecule has 0 radical (unpaired) electrons. The summed E-state index contributed by atoms with van der Waals surface area (Å²) in [6, 6.07) is 8.23. The lowest BCUT2D eigenvalue weighted by Crippen LogP contribution is -2.38. The van der Waals surface area contributed by atoms with Gasteiger partial charge in [0.25, 0.3) is 11.5 Å². The summed E-state index contributed by atoms with van der Waals surface area (Å²) in [4.78, 5) is 26.8. The molecule has 0 atom stereocenters. The number of ether oxygens (including phenoxy) is 1. The van der Waals surface area contributed by atoms with Crippen molar-refractivity contribution in [3.05, 3.63) is 51.9 Å². The molecule has 0 bridgehead atoms. The monoisotopic (exact) mass is 372 g/mol. The Kier molecular flexibility index (Phi) is 6.20. The van der Waals surface area contributed by atoms with Crippen LogP contribution in [0.4, 0.5) is 0 Å². The van der Waals surface area contributed by atoms with Crippen molar-refractivity contribution in [3.63, 3.8) is 0 Å². The van der Waals surface area contributed by atoms with Gasteiger partial charge in [-0.15, -0.1) is 0 Å². The van der Waals surface area contributed by atoms with E-state index in [2.05, 4.69) is 15.3 Å². The smallest absolute Gasteiger partial charge is 0.275 e. The Hall–Kier alpha value is -2.71. The first-order valence-corrected chi connectivity index (χ1v) is 9.03. The zero-order chi connectivity index (χ0) is 19.2. The molecule has 1 fully saturated rings. The first-order valence-electron chi connectivity index (χ1n) is 9.03. The highest BCUT2D eigenvalue weighted by Crippen LogP contribution is 2.13. The third kappa shape index (κ3) is 4.93. The van der Waals surface area contributed by atoms with Crippen molar-refractivity contribution in [2.24, 2.45) is 0 Å². The summed E-state index contributed by atoms with van der Waals surface area (Å²) in [5, 5.41) is 16.8. The summed E-state index contributed by atoms with van der Waals surface area (Å²) in [5.41, 5.74) is 0.842. The van der Waals surface area contributed by atoms with Crippen molar-refractivity contribution in [1.82, 2.24) is 20.0 Å². The maximum atomic E-state index is 12.4. The molecule has 2 heterocycles. The molecule has 3 rings (SSSR count). The van der Waals surface area contributed by atoms with Crippen LogP contribution in [0.25, 0.3) is 5.69 Å². The Morgan fingerprint density at radius 3 is 2.81 bits per heavy atom. The van der Waals surface area contributed by atoms with E-state index in [9.17, 15) is 14.7 Å². The van der Waals surface area contributed by atoms with Gasteiger partial charge in [-0.25, -0.2) is 0 Å². The van der Waals surface area contributed by atoms with Crippen molar-refractivity contribution >= 4 is 5.91 Å². The van der Waals surface area contributed by atoms with Gasteiger partial charge in [0.1, 0.15) is 0 Å². The van der Waals surface area contributed by atoms with Gasteiger partial charge in [-0.2, -0.15) is 9.78 Å². The van der Waals surface area contributed by atoms with E-state index in [1.54, 1.807) is 18.2 Å². The number of carbonyl (C=O) groups excluding carboxylic acids is 1. The fraction of sp³-hybridized carbons (Fsp3) is 0.421. The molecule has 0 aliphatic carbocycles. The molecule has 1 aliphatic heterocycles. The van der Waals surface area contributed by atoms with E-state index in [-0.39, 0.29) is 5.69 Å². The van der Waals surface area contributed by atoms with Crippen molar-refractivity contribution in [2.75, 3.05) is 39.4 Å². The van der Waals surface area contributed by atoms with E-state index in [0.29, 0.717) is 12.2 Å². The third-order valence-electron chi connectivity index (χ3n) is 4.41. The lowest BCUT2D eigenvalue weighted by molar-refractivity contribution is 0.0374. The average molecular weight is 372 g/mol. The van der Waals surface area contributed by atoms with Crippen molar-refractivity contribution < 1.29 is 14.6 Å². The van der Waals surface area contributed by atoms with Crippen LogP contribution >= 0.6 is 0 Å². The van der Waals surface area contributed by atoms with Crippen LogP contribution in [0.2, 0.25) is 0 Å². The predicted octanol–water partition coefficient (Wildman–Crippen LogP) is 0.699. The number of hydrogen-bond donors (Lipinski definition) is 2. The Labute approximate surface area is 157 Å². The molecule has 27 heavy (non-hydrogen) atoms. The van der Waals surface area contributed by atoms with Gasteiger partial charge in [0.05, 0.1) is 18.9 Å². The molecule has 2 aromatic rings. The molecule has 0 unspecified atom stereocenters. The quantitative estimate of drug-likeness (QED) is 0.725. The van der Waals surface area contributed by atoms with Crippen LogP contribution in [0.3, 0.4) is 0 Å². The van der Waals surface area contributed by atoms with E-state index in [1.165, 1.54) is 0 Å². The molecule has 8 nitrogen and oxygen atoms in total. The number of nitrogens with zero attached hydrogens (tertiary/aromatic N) is 3. The Morgan fingerprint density at radius 1 is 1.30 bits per heavy atom. The largest absolute Gasteiger partial charge is 0.505 e. The minimum Gasteiger partial charge on any atom is -0.505 e. The van der Waals surface area contributed by atoms with E-state index in [0.717, 1.165) is 55.6 Å². The lowest BCUT2D eigenvalue weighted by atomic mass is 10.2. The standard InChI is InChI=1S/C19H24N4O4/c1-14-4-2-5-15(12-14)23-17(25)13-16(24)18(21-23)19(26)20-6-3-7-22-8-10-27-11-9-22/h2,4-5,12-13,24H,3,6-11H2,1H3,(H,20,26). The number of aromatic hydroxyl groups is 1. The molecule has 1 amide bonds. The number of aromatic nitrogens is 2. The van der Waals surface area contributed by atoms with Crippen molar-refractivity contribution in [2.45, 2.75) is 13.3 Å². The minimum absolute atomic E-state index is 0.164. The molecule has 0 spiro atoms. The number of morpholine rings is 1. The number of nitrogens with one attached hydrogen (secondary N) is 1. The first-order chi connectivity index (χ1) is 13.0. The van der Waals surface area contributed by atoms with Crippen LogP contribution in [0.5, 0.6) is 5.75 Å². The Balaban J connectivity index is 1.65. The molecular weight excluding hydrogens is 348 g/mol. The number of hydrogen-bond acceptors (Lipinski definition) is 6. The van der Waals surface area contributed by atoms with E-state index in [1.807, 2.05) is 13.0 Å². The van der Waals surface area contributed by atoms with Gasteiger partial charge >= 0.3 is 0 Å². The van der Waals surface area contributed by atoms with Crippen LogP contribution in [0.15, 0.2) is 35.1 Å². The third-order valence-corrected chi connectivity index (χ3v) is 4.41. The number of amides is 1. The second-order valence-electron chi connectivity index (χ2n) is 6.53. The predicted molar refractivity (Wildman–Crippen MR) is 100 cm³/mol. The van der Waals surface area contributed by atoms with Gasteiger partial charge in [0.2, 0.25) is 0 Å². The molecule has 8 heteroatoms. The van der Waals surface area contributed by atoms with Gasteiger partial charge in [-0.3, -0.25) is 14.5 Å². The SMILES string of the molecule is Cc1cccc(-n2nc(C(=O)NCCCN3CCOCC3)c(O)cc2=O)c1. The van der Waals surface area contributed by atoms with Gasteiger partial charge < -0.3 is 15.2 Å². The van der Waals surface area contributed by atoms with E-state index in [4.69, 9.17) is 4.74 Å². The molecule has 1 saturated heterocycles. The molecular formula is C19H24N4O4. The summed E-state index contributed by atoms with van der Waals surface area (Å²) >= 11 is 0. The minimum atomic E-state index is -0.504. The first kappa shape index (κ1) is 19.1. The fourth-order valence-electron chi connectivity index (χ4n) is 2.97. The van der Waals surface area contributed by atoms with Gasteiger partial charge in [-0.05, 0) is 37.6 Å². The molecule has 2 N–H and O–H groups in total. The summed E-state index contributed by atoms with van der Waals surface area (Å²) in [7, 11) is 0. The van der Waals surface area contributed by atoms with Crippen LogP contribution in [-0.2, 0) is 4.74 Å². The van der Waals surface area contributed by atoms with E-state index >= 15 is 0 Å². The fourth-order valence-corrected chi connectivity index (χ4v) is 2.97. The summed E-state index contributed by atoms with van der Waals surface area (Å²) < 4.78 is 6.42. The lowest BCUT2D eigenvalue weighted by Gasteiger charge is -2.26. The van der Waals surface area contributed by atoms with Crippen LogP contribution in [0, 0.1) is 6.92 Å². The maximum absolute atomic E-state index is 12.4. The van der Waals surface area contributed by atoms with Crippen molar-refractivity contribution in [3.8, 4) is 11.4 Å². The number of benzene rings is 1. The maximum Gasteiger partial charge on any atom is 0.275 e. The molecule has 1 aliphatic rings. The number of aryl methyl sites for hydroxylation is 1. The molecule has 1 aromatic carbocycles. The summed E-state index contributed by atoms with van der Waals surface area (Å²) in [6.07, 6.45) is 0.782. The number of rotatable bonds is 6. The average Bonchev–Trinajstić information content (AvgIpc) is 2.66. The normalized spacial score (nSPS) is 14.9. The molecule has 0 saturated carbocycles. The zero-order valence-corrected chi connectivity index (χ0v) is 15.4. The molecule has 1 aromatic heterocycles. The second kappa shape index (κ2) is 8.79. The zero-order valence-electron chi connectivity index (χ0n) is 15.4. The van der Waals surface area contributed by atoms with Gasteiger partial charge in [0.15, 0.2) is 11.4 Å². The van der Waals surface area contributed by atoms with Crippen LogP contribution in [-0.4, -0.2) is 65.1 Å².